The van der Waals surface area contributed by atoms with Crippen molar-refractivity contribution in [2.45, 2.75) is 6.18 Å². The van der Waals surface area contributed by atoms with Crippen molar-refractivity contribution in [1.29, 1.82) is 0 Å². The summed E-state index contributed by atoms with van der Waals surface area (Å²) in [7, 11) is 0. The summed E-state index contributed by atoms with van der Waals surface area (Å²) >= 11 is 0. The number of hydrogen-bond donors (Lipinski definition) is 2. The van der Waals surface area contributed by atoms with Crippen molar-refractivity contribution >= 4 is 24.8 Å². The van der Waals surface area contributed by atoms with Crippen LogP contribution in [-0.4, -0.2) is 6.18 Å². The van der Waals surface area contributed by atoms with Crippen molar-refractivity contribution in [3.63, 3.8) is 0 Å². The van der Waals surface area contributed by atoms with E-state index in [4.69, 9.17) is 0 Å². The van der Waals surface area contributed by atoms with Crippen LogP contribution in [0.25, 0.3) is 0 Å². The molecule has 0 saturated carbocycles. The van der Waals surface area contributed by atoms with Gasteiger partial charge in [-0.2, -0.15) is 13.2 Å². The predicted molar refractivity (Wildman–Crippen MR) is 37.0 cm³/mol. The summed E-state index contributed by atoms with van der Waals surface area (Å²) in [6.45, 7) is 0. The van der Waals surface area contributed by atoms with Crippen molar-refractivity contribution in [1.82, 2.24) is 0 Å². The smallest absolute Gasteiger partial charge is 0.403 e. The maximum atomic E-state index is 11.2. The van der Waals surface area contributed by atoms with E-state index in [9.17, 15) is 13.2 Å². The summed E-state index contributed by atoms with van der Waals surface area (Å²) in [5, 5.41) is 0. The zero-order valence-electron chi connectivity index (χ0n) is 4.68. The summed E-state index contributed by atoms with van der Waals surface area (Å²) in [5.74, 6) is 0. The molecule has 2 nitrogen and oxygen atoms in total. The van der Waals surface area contributed by atoms with Crippen LogP contribution in [0.1, 0.15) is 0 Å². The highest BCUT2D eigenvalue weighted by Crippen LogP contribution is 2.19. The Morgan fingerprint density at radius 1 is 1.20 bits per heavy atom. The number of allylic oxidation sites excluding steroid dienone is 1. The molecule has 0 spiro atoms. The van der Waals surface area contributed by atoms with Gasteiger partial charge in [-0.05, 0) is 0 Å². The highest BCUT2D eigenvalue weighted by molar-refractivity contribution is 5.85. The largest absolute Gasteiger partial charge is 0.432 e. The maximum absolute atomic E-state index is 11.2. The number of hydrogen-bond acceptors (Lipinski definition) is 2. The molecule has 64 valence electrons. The minimum absolute atomic E-state index is 0. The first-order valence-electron chi connectivity index (χ1n) is 1.73. The summed E-state index contributed by atoms with van der Waals surface area (Å²) in [6.07, 6.45) is -4.16. The number of halogens is 5. The lowest BCUT2D eigenvalue weighted by molar-refractivity contribution is -0.0928. The van der Waals surface area contributed by atoms with Gasteiger partial charge in [0.2, 0.25) is 0 Å². The Morgan fingerprint density at radius 3 is 1.50 bits per heavy atom. The third-order valence-electron chi connectivity index (χ3n) is 0.507. The molecule has 4 N–H and O–H groups in total. The number of rotatable bonds is 0. The lowest BCUT2D eigenvalue weighted by Crippen LogP contribution is -2.20. The first-order valence-corrected chi connectivity index (χ1v) is 1.73. The first kappa shape index (κ1) is 16.4. The van der Waals surface area contributed by atoms with Gasteiger partial charge in [-0.25, -0.2) is 0 Å². The summed E-state index contributed by atoms with van der Waals surface area (Å²) in [5.41, 5.74) is 7.55. The van der Waals surface area contributed by atoms with Gasteiger partial charge in [0.25, 0.3) is 0 Å². The molecule has 0 aromatic carbocycles. The van der Waals surface area contributed by atoms with E-state index in [-0.39, 0.29) is 24.8 Å². The van der Waals surface area contributed by atoms with Crippen LogP contribution in [0.4, 0.5) is 13.2 Å². The van der Waals surface area contributed by atoms with Crippen LogP contribution in [0.3, 0.4) is 0 Å². The lowest BCUT2D eigenvalue weighted by atomic mass is 10.5. The molecule has 0 rings (SSSR count). The molecule has 0 aromatic rings. The Hall–Kier alpha value is -0.290. The Kier molecular flexibility index (Phi) is 8.98. The van der Waals surface area contributed by atoms with E-state index in [0.717, 1.165) is 0 Å². The second-order valence-electron chi connectivity index (χ2n) is 1.12. The van der Waals surface area contributed by atoms with Gasteiger partial charge in [-0.15, -0.1) is 24.8 Å². The van der Waals surface area contributed by atoms with Gasteiger partial charge in [-0.1, -0.05) is 0 Å². The average Bonchev–Trinajstić information content (AvgIpc) is 1.62. The van der Waals surface area contributed by atoms with Crippen LogP contribution in [0.2, 0.25) is 0 Å². The van der Waals surface area contributed by atoms with Crippen molar-refractivity contribution in [2.75, 3.05) is 0 Å². The summed E-state index contributed by atoms with van der Waals surface area (Å²) in [6, 6.07) is 0. The van der Waals surface area contributed by atoms with E-state index < -0.39 is 11.9 Å². The topological polar surface area (TPSA) is 52.0 Å². The van der Waals surface area contributed by atoms with Gasteiger partial charge in [-0.3, -0.25) is 0 Å². The zero-order valence-corrected chi connectivity index (χ0v) is 6.32. The van der Waals surface area contributed by atoms with Gasteiger partial charge in [0.05, 0.1) is 0 Å². The van der Waals surface area contributed by atoms with Crippen molar-refractivity contribution in [2.24, 2.45) is 11.5 Å². The molecule has 0 fully saturated rings. The quantitative estimate of drug-likeness (QED) is 0.614. The molecule has 10 heavy (non-hydrogen) atoms. The molecule has 0 aliphatic carbocycles. The highest BCUT2D eigenvalue weighted by Gasteiger charge is 2.30. The average molecular weight is 199 g/mol. The molecule has 0 aromatic heterocycles. The minimum atomic E-state index is -4.48. The lowest BCUT2D eigenvalue weighted by Gasteiger charge is -2.02. The zero-order chi connectivity index (χ0) is 6.78. The molecule has 0 bridgehead atoms. The molecule has 0 amide bonds. The Morgan fingerprint density at radius 2 is 1.50 bits per heavy atom. The van der Waals surface area contributed by atoms with E-state index in [1.165, 1.54) is 0 Å². The van der Waals surface area contributed by atoms with Crippen LogP contribution in [-0.2, 0) is 0 Å². The Balaban J connectivity index is -0.000000245. The van der Waals surface area contributed by atoms with Crippen LogP contribution in [0, 0.1) is 0 Å². The number of alkyl halides is 3. The third kappa shape index (κ3) is 5.84. The predicted octanol–water partition coefficient (Wildman–Crippen LogP) is 1.15. The summed E-state index contributed by atoms with van der Waals surface area (Å²) < 4.78 is 33.5. The molecule has 0 radical (unpaired) electrons. The van der Waals surface area contributed by atoms with E-state index in [2.05, 4.69) is 11.5 Å². The van der Waals surface area contributed by atoms with E-state index in [1.807, 2.05) is 0 Å². The molecule has 7 heteroatoms. The molecule has 0 aliphatic rings. The molecule has 0 atom stereocenters. The third-order valence-corrected chi connectivity index (χ3v) is 0.507. The molecule has 0 saturated heterocycles. The Bertz CT molecular complexity index is 111. The van der Waals surface area contributed by atoms with Gasteiger partial charge in [0.15, 0.2) is 0 Å². The van der Waals surface area contributed by atoms with Crippen molar-refractivity contribution < 1.29 is 13.2 Å². The van der Waals surface area contributed by atoms with Crippen LogP contribution < -0.4 is 11.5 Å². The molecular weight excluding hydrogens is 192 g/mol. The van der Waals surface area contributed by atoms with Crippen LogP contribution in [0.15, 0.2) is 11.9 Å². The fraction of sp³-hybridized carbons (Fsp3) is 0.333. The second kappa shape index (κ2) is 5.49. The van der Waals surface area contributed by atoms with E-state index in [0.29, 0.717) is 6.20 Å². The van der Waals surface area contributed by atoms with Gasteiger partial charge in [0.1, 0.15) is 5.70 Å². The van der Waals surface area contributed by atoms with Crippen molar-refractivity contribution in [3.8, 4) is 0 Å². The Labute approximate surface area is 68.3 Å². The van der Waals surface area contributed by atoms with Gasteiger partial charge in [0, 0.05) is 6.20 Å². The van der Waals surface area contributed by atoms with E-state index in [1.54, 1.807) is 0 Å². The molecule has 0 aliphatic heterocycles. The van der Waals surface area contributed by atoms with Crippen LogP contribution >= 0.6 is 24.8 Å². The van der Waals surface area contributed by atoms with Crippen molar-refractivity contribution in [3.05, 3.63) is 11.9 Å². The van der Waals surface area contributed by atoms with Gasteiger partial charge >= 0.3 is 6.18 Å². The fourth-order valence-corrected chi connectivity index (χ4v) is 0.0945. The molecular formula is C3H7Cl2F3N2. The SMILES string of the molecule is Cl.Cl.N/C=C(\N)C(F)(F)F. The first-order chi connectivity index (χ1) is 3.48. The molecule has 0 heterocycles. The van der Waals surface area contributed by atoms with Crippen LogP contribution in [0.5, 0.6) is 0 Å². The number of nitrogens with two attached hydrogens (primary N) is 2. The summed E-state index contributed by atoms with van der Waals surface area (Å²) in [4.78, 5) is 0. The fourth-order valence-electron chi connectivity index (χ4n) is 0.0945. The van der Waals surface area contributed by atoms with Gasteiger partial charge < -0.3 is 11.5 Å². The monoisotopic (exact) mass is 198 g/mol. The van der Waals surface area contributed by atoms with E-state index >= 15 is 0 Å². The second-order valence-corrected chi connectivity index (χ2v) is 1.12. The minimum Gasteiger partial charge on any atom is -0.403 e. The maximum Gasteiger partial charge on any atom is 0.432 e. The molecule has 0 unspecified atom stereocenters. The normalized spacial score (nSPS) is 11.3. The standard InChI is InChI=1S/C3H5F3N2.2ClH/c4-3(5,6)2(8)1-7;;/h1H,7-8H2;2*1H/b2-1-;;. The highest BCUT2D eigenvalue weighted by atomic mass is 35.5.